The molecule has 0 aromatic heterocycles. The van der Waals surface area contributed by atoms with E-state index < -0.39 is 5.60 Å². The minimum Gasteiger partial charge on any atom is -0.508 e. The summed E-state index contributed by atoms with van der Waals surface area (Å²) in [5.41, 5.74) is 0.738. The Bertz CT molecular complexity index is 693. The molecule has 2 N–H and O–H groups in total. The fourth-order valence-electron chi connectivity index (χ4n) is 3.76. The molecule has 0 spiro atoms. The molecule has 0 saturated carbocycles. The molecule has 2 fully saturated rings. The molecule has 2 aromatic carbocycles. The van der Waals surface area contributed by atoms with E-state index in [4.69, 9.17) is 4.74 Å². The topological polar surface area (TPSA) is 70.0 Å². The normalized spacial score (nSPS) is 22.0. The third kappa shape index (κ3) is 1.96. The highest BCUT2D eigenvalue weighted by atomic mass is 16.6. The summed E-state index contributed by atoms with van der Waals surface area (Å²) in [6.45, 7) is 0.696. The molecular weight excluding hydrogens is 294 g/mol. The largest absolute Gasteiger partial charge is 0.508 e. The van der Waals surface area contributed by atoms with Crippen LogP contribution in [-0.2, 0) is 10.3 Å². The monoisotopic (exact) mass is 311 g/mol. The molecule has 5 heteroatoms. The second kappa shape index (κ2) is 4.91. The molecule has 2 saturated heterocycles. The van der Waals surface area contributed by atoms with Crippen LogP contribution in [-0.4, -0.2) is 33.8 Å². The number of cyclic esters (lactones) is 1. The number of phenols is 2. The first-order chi connectivity index (χ1) is 11.1. The van der Waals surface area contributed by atoms with Gasteiger partial charge in [-0.25, -0.2) is 4.79 Å². The Morgan fingerprint density at radius 1 is 0.957 bits per heavy atom. The fraction of sp³-hybridized carbons (Fsp3) is 0.278. The highest BCUT2D eigenvalue weighted by molar-refractivity contribution is 5.74. The molecule has 4 rings (SSSR count). The van der Waals surface area contributed by atoms with Gasteiger partial charge in [-0.15, -0.1) is 0 Å². The van der Waals surface area contributed by atoms with Gasteiger partial charge in [0.2, 0.25) is 0 Å². The van der Waals surface area contributed by atoms with Crippen LogP contribution in [0.25, 0.3) is 0 Å². The molecule has 0 aliphatic carbocycles. The summed E-state index contributed by atoms with van der Waals surface area (Å²) in [5, 5.41) is 19.2. The Hall–Kier alpha value is -2.69. The van der Waals surface area contributed by atoms with Gasteiger partial charge in [0.05, 0.1) is 6.04 Å². The molecular formula is C18H17NO4. The van der Waals surface area contributed by atoms with Crippen LogP contribution in [0, 0.1) is 0 Å². The van der Waals surface area contributed by atoms with Gasteiger partial charge in [-0.2, -0.15) is 0 Å². The van der Waals surface area contributed by atoms with Crippen molar-refractivity contribution in [2.24, 2.45) is 0 Å². The number of aromatic hydroxyl groups is 2. The van der Waals surface area contributed by atoms with E-state index in [1.807, 2.05) is 0 Å². The molecule has 2 aromatic rings. The summed E-state index contributed by atoms with van der Waals surface area (Å²) in [6.07, 6.45) is 1.49. The molecule has 1 atom stereocenters. The van der Waals surface area contributed by atoms with Crippen molar-refractivity contribution in [3.8, 4) is 11.5 Å². The molecule has 2 heterocycles. The first-order valence-electron chi connectivity index (χ1n) is 7.70. The molecule has 0 radical (unpaired) electrons. The Morgan fingerprint density at radius 2 is 1.48 bits per heavy atom. The number of carbonyl (C=O) groups excluding carboxylic acids is 1. The van der Waals surface area contributed by atoms with Gasteiger partial charge in [-0.3, -0.25) is 0 Å². The number of rotatable bonds is 2. The van der Waals surface area contributed by atoms with Crippen LogP contribution >= 0.6 is 0 Å². The van der Waals surface area contributed by atoms with Crippen LogP contribution in [0.4, 0.5) is 4.79 Å². The lowest BCUT2D eigenvalue weighted by Gasteiger charge is -2.33. The van der Waals surface area contributed by atoms with Gasteiger partial charge in [0.1, 0.15) is 11.5 Å². The quantitative estimate of drug-likeness (QED) is 0.894. The summed E-state index contributed by atoms with van der Waals surface area (Å²) < 4.78 is 5.89. The first-order valence-corrected chi connectivity index (χ1v) is 7.70. The van der Waals surface area contributed by atoms with Crippen LogP contribution in [0.2, 0.25) is 0 Å². The number of ether oxygens (including phenoxy) is 1. The number of fused-ring (bicyclic) bond motifs is 1. The zero-order chi connectivity index (χ0) is 16.0. The third-order valence-corrected chi connectivity index (χ3v) is 4.80. The summed E-state index contributed by atoms with van der Waals surface area (Å²) in [4.78, 5) is 14.1. The lowest BCUT2D eigenvalue weighted by molar-refractivity contribution is 0.0670. The average Bonchev–Trinajstić information content (AvgIpc) is 3.13. The van der Waals surface area contributed by atoms with Crippen LogP contribution in [0.3, 0.4) is 0 Å². The standard InChI is InChI=1S/C18H17NO4/c20-14-7-3-12(4-8-14)18(13-5-9-15(21)10-6-13)16-2-1-11-19(16)17(22)23-18/h3-10,16,20-21H,1-2,11H2/t16-/m0/s1. The number of phenolic OH excluding ortho intramolecular Hbond substituents is 2. The number of hydrogen-bond donors (Lipinski definition) is 2. The van der Waals surface area contributed by atoms with Gasteiger partial charge in [0, 0.05) is 17.7 Å². The van der Waals surface area contributed by atoms with Gasteiger partial charge >= 0.3 is 6.09 Å². The molecule has 0 bridgehead atoms. The van der Waals surface area contributed by atoms with Crippen LogP contribution < -0.4 is 0 Å². The van der Waals surface area contributed by atoms with Crippen molar-refractivity contribution in [2.75, 3.05) is 6.54 Å². The number of hydrogen-bond acceptors (Lipinski definition) is 4. The van der Waals surface area contributed by atoms with E-state index in [2.05, 4.69) is 0 Å². The maximum Gasteiger partial charge on any atom is 0.411 e. The SMILES string of the molecule is O=C1OC(c2ccc(O)cc2)(c2ccc(O)cc2)[C@@H]2CCCN12. The first kappa shape index (κ1) is 13.9. The predicted octanol–water partition coefficient (Wildman–Crippen LogP) is 2.96. The molecule has 2 aliphatic rings. The zero-order valence-electron chi connectivity index (χ0n) is 12.5. The summed E-state index contributed by atoms with van der Waals surface area (Å²) >= 11 is 0. The number of benzene rings is 2. The van der Waals surface area contributed by atoms with Crippen molar-refractivity contribution < 1.29 is 19.7 Å². The van der Waals surface area contributed by atoms with E-state index in [0.29, 0.717) is 6.54 Å². The Morgan fingerprint density at radius 3 is 2.00 bits per heavy atom. The molecule has 5 nitrogen and oxygen atoms in total. The second-order valence-corrected chi connectivity index (χ2v) is 6.05. The van der Waals surface area contributed by atoms with E-state index in [9.17, 15) is 15.0 Å². The molecule has 1 amide bonds. The highest BCUT2D eigenvalue weighted by Gasteiger charge is 2.57. The third-order valence-electron chi connectivity index (χ3n) is 4.80. The summed E-state index contributed by atoms with van der Waals surface area (Å²) in [5.74, 6) is 0.337. The summed E-state index contributed by atoms with van der Waals surface area (Å²) in [6, 6.07) is 13.5. The smallest absolute Gasteiger partial charge is 0.411 e. The van der Waals surface area contributed by atoms with Crippen molar-refractivity contribution >= 4 is 6.09 Å². The lowest BCUT2D eigenvalue weighted by Crippen LogP contribution is -2.40. The molecule has 23 heavy (non-hydrogen) atoms. The van der Waals surface area contributed by atoms with E-state index in [0.717, 1.165) is 24.0 Å². The van der Waals surface area contributed by atoms with E-state index in [1.165, 1.54) is 0 Å². The summed E-state index contributed by atoms with van der Waals surface area (Å²) in [7, 11) is 0. The van der Waals surface area contributed by atoms with Crippen LogP contribution in [0.1, 0.15) is 24.0 Å². The van der Waals surface area contributed by atoms with E-state index in [1.54, 1.807) is 53.4 Å². The van der Waals surface area contributed by atoms with E-state index >= 15 is 0 Å². The zero-order valence-corrected chi connectivity index (χ0v) is 12.5. The Labute approximate surface area is 133 Å². The van der Waals surface area contributed by atoms with Gasteiger partial charge < -0.3 is 19.8 Å². The second-order valence-electron chi connectivity index (χ2n) is 6.05. The number of carbonyl (C=O) groups is 1. The minimum atomic E-state index is -0.908. The van der Waals surface area contributed by atoms with Crippen molar-refractivity contribution in [1.82, 2.24) is 4.90 Å². The average molecular weight is 311 g/mol. The highest BCUT2D eigenvalue weighted by Crippen LogP contribution is 2.48. The van der Waals surface area contributed by atoms with Gasteiger partial charge in [-0.1, -0.05) is 24.3 Å². The van der Waals surface area contributed by atoms with Crippen molar-refractivity contribution in [3.05, 3.63) is 59.7 Å². The van der Waals surface area contributed by atoms with Crippen molar-refractivity contribution in [2.45, 2.75) is 24.5 Å². The predicted molar refractivity (Wildman–Crippen MR) is 83.2 cm³/mol. The number of amides is 1. The maximum atomic E-state index is 12.4. The Balaban J connectivity index is 1.92. The maximum absolute atomic E-state index is 12.4. The lowest BCUT2D eigenvalue weighted by atomic mass is 9.79. The minimum absolute atomic E-state index is 0.0796. The van der Waals surface area contributed by atoms with Crippen LogP contribution in [0.15, 0.2) is 48.5 Å². The molecule has 0 unspecified atom stereocenters. The van der Waals surface area contributed by atoms with Crippen LogP contribution in [0.5, 0.6) is 11.5 Å². The molecule has 118 valence electrons. The van der Waals surface area contributed by atoms with Crippen molar-refractivity contribution in [1.29, 1.82) is 0 Å². The van der Waals surface area contributed by atoms with Crippen molar-refractivity contribution in [3.63, 3.8) is 0 Å². The van der Waals surface area contributed by atoms with Gasteiger partial charge in [-0.05, 0) is 37.1 Å². The van der Waals surface area contributed by atoms with E-state index in [-0.39, 0.29) is 23.6 Å². The van der Waals surface area contributed by atoms with Gasteiger partial charge in [0.15, 0.2) is 5.60 Å². The number of nitrogens with zero attached hydrogens (tertiary/aromatic N) is 1. The molecule has 2 aliphatic heterocycles. The fourth-order valence-corrected chi connectivity index (χ4v) is 3.76. The van der Waals surface area contributed by atoms with Gasteiger partial charge in [0.25, 0.3) is 0 Å². The Kier molecular flexibility index (Phi) is 2.98.